The highest BCUT2D eigenvalue weighted by Crippen LogP contribution is 2.23. The van der Waals surface area contributed by atoms with Crippen LogP contribution in [0.1, 0.15) is 25.7 Å². The Labute approximate surface area is 138 Å². The highest BCUT2D eigenvalue weighted by molar-refractivity contribution is 6.30. The molecule has 1 aromatic carbocycles. The van der Waals surface area contributed by atoms with Crippen molar-refractivity contribution in [2.75, 3.05) is 0 Å². The smallest absolute Gasteiger partial charge is 0.325 e. The number of aromatic nitrogens is 1. The summed E-state index contributed by atoms with van der Waals surface area (Å²) in [6, 6.07) is 6.30. The van der Waals surface area contributed by atoms with Crippen LogP contribution < -0.4 is 5.32 Å². The van der Waals surface area contributed by atoms with Crippen molar-refractivity contribution >= 4 is 23.5 Å². The van der Waals surface area contributed by atoms with E-state index in [0.29, 0.717) is 23.1 Å². The minimum atomic E-state index is -0.446. The summed E-state index contributed by atoms with van der Waals surface area (Å²) in [6.07, 6.45) is 3.02. The molecule has 0 radical (unpaired) electrons. The molecule has 0 bridgehead atoms. The number of amides is 3. The molecule has 23 heavy (non-hydrogen) atoms. The van der Waals surface area contributed by atoms with E-state index in [1.165, 1.54) is 0 Å². The maximum atomic E-state index is 12.2. The Morgan fingerprint density at radius 2 is 2.04 bits per heavy atom. The fourth-order valence-electron chi connectivity index (χ4n) is 2.48. The Bertz CT molecular complexity index is 726. The van der Waals surface area contributed by atoms with Crippen molar-refractivity contribution < 1.29 is 14.0 Å². The highest BCUT2D eigenvalue weighted by atomic mass is 35.5. The number of benzene rings is 1. The lowest BCUT2D eigenvalue weighted by Gasteiger charge is -2.10. The Hall–Kier alpha value is -2.34. The van der Waals surface area contributed by atoms with Gasteiger partial charge in [-0.3, -0.25) is 9.69 Å². The molecule has 2 heterocycles. The number of carbonyl (C=O) groups is 2. The molecule has 1 atom stereocenters. The number of nitrogens with zero attached hydrogens (tertiary/aromatic N) is 2. The van der Waals surface area contributed by atoms with E-state index in [0.717, 1.165) is 16.9 Å². The number of hydrogen-bond donors (Lipinski definition) is 1. The minimum Gasteiger partial charge on any atom is -0.439 e. The number of nitrogens with one attached hydrogen (secondary N) is 1. The van der Waals surface area contributed by atoms with Crippen LogP contribution in [0.5, 0.6) is 0 Å². The van der Waals surface area contributed by atoms with Gasteiger partial charge in [0.05, 0.1) is 6.20 Å². The van der Waals surface area contributed by atoms with Gasteiger partial charge in [0.25, 0.3) is 5.91 Å². The molecule has 1 saturated heterocycles. The molecule has 3 amide bonds. The quantitative estimate of drug-likeness (QED) is 0.852. The second-order valence-corrected chi connectivity index (χ2v) is 5.78. The number of halogens is 1. The van der Waals surface area contributed by atoms with Crippen molar-refractivity contribution in [3.63, 3.8) is 0 Å². The van der Waals surface area contributed by atoms with Crippen molar-refractivity contribution in [2.45, 2.75) is 32.4 Å². The monoisotopic (exact) mass is 333 g/mol. The molecule has 1 aliphatic heterocycles. The normalized spacial score (nSPS) is 17.7. The maximum absolute atomic E-state index is 12.2. The first kappa shape index (κ1) is 15.6. The minimum absolute atomic E-state index is 0.0263. The summed E-state index contributed by atoms with van der Waals surface area (Å²) < 4.78 is 5.64. The van der Waals surface area contributed by atoms with Gasteiger partial charge in [-0.2, -0.15) is 0 Å². The van der Waals surface area contributed by atoms with Crippen LogP contribution in [0, 0.1) is 0 Å². The SMILES string of the molecule is CCC[C@@H]1NC(=O)N(Cc2ncc(-c3ccc(Cl)cc3)o2)C1=O. The summed E-state index contributed by atoms with van der Waals surface area (Å²) in [7, 11) is 0. The van der Waals surface area contributed by atoms with Gasteiger partial charge in [0, 0.05) is 10.6 Å². The molecule has 2 aromatic rings. The molecular formula is C16H16ClN3O3. The Morgan fingerprint density at radius 1 is 1.30 bits per heavy atom. The Balaban J connectivity index is 1.73. The number of rotatable bonds is 5. The number of oxazole rings is 1. The van der Waals surface area contributed by atoms with Gasteiger partial charge in [0.15, 0.2) is 5.76 Å². The molecule has 6 nitrogen and oxygen atoms in total. The number of imide groups is 1. The summed E-state index contributed by atoms with van der Waals surface area (Å²) in [4.78, 5) is 29.4. The zero-order valence-electron chi connectivity index (χ0n) is 12.6. The van der Waals surface area contributed by atoms with Crippen molar-refractivity contribution in [3.8, 4) is 11.3 Å². The average Bonchev–Trinajstić information content (AvgIpc) is 3.10. The predicted octanol–water partition coefficient (Wildman–Crippen LogP) is 3.22. The van der Waals surface area contributed by atoms with Crippen LogP contribution in [-0.2, 0) is 11.3 Å². The van der Waals surface area contributed by atoms with E-state index in [1.54, 1.807) is 18.3 Å². The van der Waals surface area contributed by atoms with Crippen LogP contribution in [0.25, 0.3) is 11.3 Å². The first-order valence-electron chi connectivity index (χ1n) is 7.41. The second-order valence-electron chi connectivity index (χ2n) is 5.34. The maximum Gasteiger partial charge on any atom is 0.325 e. The van der Waals surface area contributed by atoms with Crippen molar-refractivity contribution in [3.05, 3.63) is 41.4 Å². The molecule has 1 fully saturated rings. The number of urea groups is 1. The van der Waals surface area contributed by atoms with E-state index < -0.39 is 12.1 Å². The van der Waals surface area contributed by atoms with Crippen LogP contribution in [0.2, 0.25) is 5.02 Å². The number of hydrogen-bond acceptors (Lipinski definition) is 4. The summed E-state index contributed by atoms with van der Waals surface area (Å²) in [5.41, 5.74) is 0.828. The van der Waals surface area contributed by atoms with Gasteiger partial charge in [-0.25, -0.2) is 9.78 Å². The Morgan fingerprint density at radius 3 is 2.74 bits per heavy atom. The zero-order chi connectivity index (χ0) is 16.4. The van der Waals surface area contributed by atoms with Gasteiger partial charge in [0.1, 0.15) is 12.6 Å². The molecule has 1 N–H and O–H groups in total. The van der Waals surface area contributed by atoms with Gasteiger partial charge in [-0.05, 0) is 30.7 Å². The first-order chi connectivity index (χ1) is 11.1. The molecule has 120 valence electrons. The highest BCUT2D eigenvalue weighted by Gasteiger charge is 2.37. The van der Waals surface area contributed by atoms with Gasteiger partial charge in [0.2, 0.25) is 5.89 Å². The van der Waals surface area contributed by atoms with Crippen LogP contribution in [0.15, 0.2) is 34.9 Å². The third-order valence-corrected chi connectivity index (χ3v) is 3.91. The molecule has 0 unspecified atom stereocenters. The fraction of sp³-hybridized carbons (Fsp3) is 0.312. The third-order valence-electron chi connectivity index (χ3n) is 3.66. The number of carbonyl (C=O) groups excluding carboxylic acids is 2. The fourth-order valence-corrected chi connectivity index (χ4v) is 2.60. The van der Waals surface area contributed by atoms with Gasteiger partial charge in [-0.15, -0.1) is 0 Å². The van der Waals surface area contributed by atoms with E-state index in [1.807, 2.05) is 19.1 Å². The molecule has 7 heteroatoms. The molecule has 0 spiro atoms. The van der Waals surface area contributed by atoms with E-state index in [2.05, 4.69) is 10.3 Å². The molecule has 3 rings (SSSR count). The summed E-state index contributed by atoms with van der Waals surface area (Å²) in [5, 5.41) is 3.31. The zero-order valence-corrected chi connectivity index (χ0v) is 13.3. The van der Waals surface area contributed by atoms with Crippen molar-refractivity contribution in [2.24, 2.45) is 0 Å². The van der Waals surface area contributed by atoms with Gasteiger partial charge < -0.3 is 9.73 Å². The van der Waals surface area contributed by atoms with E-state index >= 15 is 0 Å². The average molecular weight is 334 g/mol. The molecule has 1 aliphatic rings. The lowest BCUT2D eigenvalue weighted by molar-refractivity contribution is -0.128. The van der Waals surface area contributed by atoms with Crippen LogP contribution in [-0.4, -0.2) is 27.9 Å². The van der Waals surface area contributed by atoms with Gasteiger partial charge >= 0.3 is 6.03 Å². The topological polar surface area (TPSA) is 75.4 Å². The summed E-state index contributed by atoms with van der Waals surface area (Å²) >= 11 is 5.85. The largest absolute Gasteiger partial charge is 0.439 e. The first-order valence-corrected chi connectivity index (χ1v) is 7.78. The van der Waals surface area contributed by atoms with E-state index in [-0.39, 0.29) is 12.5 Å². The van der Waals surface area contributed by atoms with Crippen molar-refractivity contribution in [1.29, 1.82) is 0 Å². The Kier molecular flexibility index (Phi) is 4.34. The van der Waals surface area contributed by atoms with Crippen LogP contribution >= 0.6 is 11.6 Å². The molecule has 1 aromatic heterocycles. The van der Waals surface area contributed by atoms with Crippen LogP contribution in [0.3, 0.4) is 0 Å². The lowest BCUT2D eigenvalue weighted by atomic mass is 10.2. The summed E-state index contributed by atoms with van der Waals surface area (Å²) in [5.74, 6) is 0.646. The second kappa shape index (κ2) is 6.42. The van der Waals surface area contributed by atoms with Gasteiger partial charge in [-0.1, -0.05) is 24.9 Å². The molecular weight excluding hydrogens is 318 g/mol. The third kappa shape index (κ3) is 3.22. The summed E-state index contributed by atoms with van der Waals surface area (Å²) in [6.45, 7) is 1.99. The lowest BCUT2D eigenvalue weighted by Crippen LogP contribution is -2.31. The predicted molar refractivity (Wildman–Crippen MR) is 84.7 cm³/mol. The molecule has 0 saturated carbocycles. The van der Waals surface area contributed by atoms with Crippen molar-refractivity contribution in [1.82, 2.24) is 15.2 Å². The van der Waals surface area contributed by atoms with E-state index in [9.17, 15) is 9.59 Å². The van der Waals surface area contributed by atoms with Crippen LogP contribution in [0.4, 0.5) is 4.79 Å². The van der Waals surface area contributed by atoms with E-state index in [4.69, 9.17) is 16.0 Å². The standard InChI is InChI=1S/C16H16ClN3O3/c1-2-3-12-15(21)20(16(22)19-12)9-14-18-8-13(23-14)10-4-6-11(17)7-5-10/h4-8,12H,2-3,9H2,1H3,(H,19,22)/t12-/m0/s1. The molecule has 0 aliphatic carbocycles.